The summed E-state index contributed by atoms with van der Waals surface area (Å²) in [6.07, 6.45) is 0.735. The van der Waals surface area contributed by atoms with Crippen molar-refractivity contribution in [3.63, 3.8) is 0 Å². The van der Waals surface area contributed by atoms with E-state index in [0.29, 0.717) is 12.1 Å². The van der Waals surface area contributed by atoms with Crippen molar-refractivity contribution < 1.29 is 13.9 Å². The zero-order chi connectivity index (χ0) is 20.7. The smallest absolute Gasteiger partial charge is 0.254 e. The van der Waals surface area contributed by atoms with E-state index in [0.717, 1.165) is 34.3 Å². The van der Waals surface area contributed by atoms with Crippen molar-refractivity contribution in [1.29, 1.82) is 0 Å². The van der Waals surface area contributed by atoms with Crippen LogP contribution in [0.1, 0.15) is 33.2 Å². The van der Waals surface area contributed by atoms with Crippen LogP contribution in [0.5, 0.6) is 5.75 Å². The Hall–Kier alpha value is -3.60. The molecule has 1 atom stereocenters. The number of carbonyl (C=O) groups excluding carboxylic acids is 1. The van der Waals surface area contributed by atoms with E-state index >= 15 is 0 Å². The Morgan fingerprint density at radius 1 is 1.07 bits per heavy atom. The average Bonchev–Trinajstić information content (AvgIpc) is 3.16. The number of rotatable bonds is 3. The lowest BCUT2D eigenvalue weighted by atomic mass is 9.91. The van der Waals surface area contributed by atoms with Crippen molar-refractivity contribution in [2.45, 2.75) is 12.5 Å². The van der Waals surface area contributed by atoms with Gasteiger partial charge in [0.15, 0.2) is 0 Å². The fourth-order valence-electron chi connectivity index (χ4n) is 4.35. The molecule has 1 aliphatic heterocycles. The summed E-state index contributed by atoms with van der Waals surface area (Å²) in [6, 6.07) is 21.5. The van der Waals surface area contributed by atoms with Gasteiger partial charge in [0.1, 0.15) is 11.6 Å². The summed E-state index contributed by atoms with van der Waals surface area (Å²) in [5.41, 5.74) is 4.77. The van der Waals surface area contributed by atoms with E-state index in [1.165, 1.54) is 17.7 Å². The number of methoxy groups -OCH3 is 1. The minimum absolute atomic E-state index is 0.106. The van der Waals surface area contributed by atoms with Crippen molar-refractivity contribution in [2.75, 3.05) is 13.7 Å². The number of aromatic amines is 1. The summed E-state index contributed by atoms with van der Waals surface area (Å²) in [4.78, 5) is 18.8. The molecule has 4 aromatic rings. The average molecular weight is 400 g/mol. The molecule has 1 amide bonds. The topological polar surface area (TPSA) is 45.3 Å². The van der Waals surface area contributed by atoms with Gasteiger partial charge in [-0.05, 0) is 60.0 Å². The largest absolute Gasteiger partial charge is 0.497 e. The number of hydrogen-bond acceptors (Lipinski definition) is 2. The lowest BCUT2D eigenvalue weighted by Crippen LogP contribution is -2.40. The van der Waals surface area contributed by atoms with Gasteiger partial charge >= 0.3 is 0 Å². The van der Waals surface area contributed by atoms with Crippen LogP contribution in [0.3, 0.4) is 0 Å². The maximum atomic E-state index is 13.4. The van der Waals surface area contributed by atoms with E-state index in [9.17, 15) is 9.18 Å². The highest BCUT2D eigenvalue weighted by molar-refractivity contribution is 5.95. The summed E-state index contributed by atoms with van der Waals surface area (Å²) in [5, 5.41) is 1.12. The molecular weight excluding hydrogens is 379 g/mol. The maximum absolute atomic E-state index is 13.4. The minimum atomic E-state index is -0.350. The van der Waals surface area contributed by atoms with Crippen molar-refractivity contribution >= 4 is 16.8 Å². The van der Waals surface area contributed by atoms with Gasteiger partial charge in [-0.3, -0.25) is 4.79 Å². The summed E-state index contributed by atoms with van der Waals surface area (Å²) < 4.78 is 18.8. The Morgan fingerprint density at radius 2 is 1.83 bits per heavy atom. The van der Waals surface area contributed by atoms with Crippen LogP contribution in [-0.2, 0) is 6.42 Å². The highest BCUT2D eigenvalue weighted by Crippen LogP contribution is 2.39. The Morgan fingerprint density at radius 3 is 2.57 bits per heavy atom. The second-order valence-corrected chi connectivity index (χ2v) is 7.50. The highest BCUT2D eigenvalue weighted by atomic mass is 19.1. The molecular formula is C25H21FN2O2. The Labute approximate surface area is 173 Å². The number of H-pyrrole nitrogens is 1. The maximum Gasteiger partial charge on any atom is 0.254 e. The van der Waals surface area contributed by atoms with E-state index in [1.807, 2.05) is 53.4 Å². The van der Waals surface area contributed by atoms with Crippen LogP contribution in [0.25, 0.3) is 10.9 Å². The zero-order valence-corrected chi connectivity index (χ0v) is 16.6. The van der Waals surface area contributed by atoms with Gasteiger partial charge in [0.2, 0.25) is 0 Å². The molecule has 0 radical (unpaired) electrons. The fraction of sp³-hybridized carbons (Fsp3) is 0.160. The number of nitrogens with one attached hydrogen (secondary N) is 1. The normalized spacial score (nSPS) is 15.8. The lowest BCUT2D eigenvalue weighted by molar-refractivity contribution is 0.0692. The van der Waals surface area contributed by atoms with Crippen molar-refractivity contribution in [3.05, 3.63) is 101 Å². The number of aromatic nitrogens is 1. The third-order valence-electron chi connectivity index (χ3n) is 5.80. The lowest BCUT2D eigenvalue weighted by Gasteiger charge is -2.36. The molecule has 0 bridgehead atoms. The fourth-order valence-corrected chi connectivity index (χ4v) is 4.35. The molecule has 1 N–H and O–H groups in total. The van der Waals surface area contributed by atoms with Crippen LogP contribution >= 0.6 is 0 Å². The van der Waals surface area contributed by atoms with E-state index in [4.69, 9.17) is 4.74 Å². The molecule has 1 aliphatic rings. The van der Waals surface area contributed by atoms with Crippen LogP contribution < -0.4 is 4.74 Å². The van der Waals surface area contributed by atoms with Gasteiger partial charge in [-0.15, -0.1) is 0 Å². The Balaban J connectivity index is 1.65. The second-order valence-electron chi connectivity index (χ2n) is 7.50. The summed E-state index contributed by atoms with van der Waals surface area (Å²) >= 11 is 0. The first-order valence-corrected chi connectivity index (χ1v) is 9.95. The standard InChI is InChI=1S/C25H21FN2O2/c1-30-19-11-12-22-21(15-19)20-13-14-28(25(29)17-7-9-18(26)10-8-17)24(23(20)27-22)16-5-3-2-4-6-16/h2-12,15,24,27H,13-14H2,1H3. The van der Waals surface area contributed by atoms with Crippen LogP contribution in [-0.4, -0.2) is 29.4 Å². The first kappa shape index (κ1) is 18.4. The van der Waals surface area contributed by atoms with E-state index in [2.05, 4.69) is 4.98 Å². The number of benzene rings is 3. The molecule has 1 unspecified atom stereocenters. The molecule has 2 heterocycles. The van der Waals surface area contributed by atoms with Gasteiger partial charge in [0.05, 0.1) is 13.2 Å². The van der Waals surface area contributed by atoms with Crippen molar-refractivity contribution in [2.24, 2.45) is 0 Å². The van der Waals surface area contributed by atoms with Crippen LogP contribution in [0, 0.1) is 5.82 Å². The van der Waals surface area contributed by atoms with E-state index in [-0.39, 0.29) is 17.8 Å². The quantitative estimate of drug-likeness (QED) is 0.520. The Kier molecular flexibility index (Phi) is 4.51. The molecule has 4 nitrogen and oxygen atoms in total. The van der Waals surface area contributed by atoms with Gasteiger partial charge in [0.25, 0.3) is 5.91 Å². The molecule has 1 aromatic heterocycles. The Bertz CT molecular complexity index is 1220. The third-order valence-corrected chi connectivity index (χ3v) is 5.80. The number of ether oxygens (including phenoxy) is 1. The van der Waals surface area contributed by atoms with Crippen LogP contribution in [0.15, 0.2) is 72.8 Å². The molecule has 30 heavy (non-hydrogen) atoms. The number of fused-ring (bicyclic) bond motifs is 3. The van der Waals surface area contributed by atoms with Crippen molar-refractivity contribution in [1.82, 2.24) is 9.88 Å². The molecule has 0 saturated carbocycles. The van der Waals surface area contributed by atoms with Gasteiger partial charge in [-0.25, -0.2) is 4.39 Å². The highest BCUT2D eigenvalue weighted by Gasteiger charge is 2.35. The monoisotopic (exact) mass is 400 g/mol. The first-order chi connectivity index (χ1) is 14.7. The number of hydrogen-bond donors (Lipinski definition) is 1. The van der Waals surface area contributed by atoms with Crippen LogP contribution in [0.4, 0.5) is 4.39 Å². The number of nitrogens with zero attached hydrogens (tertiary/aromatic N) is 1. The SMILES string of the molecule is COc1ccc2[nH]c3c(c2c1)CCN(C(=O)c1ccc(F)cc1)C3c1ccccc1. The molecule has 3 aromatic carbocycles. The summed E-state index contributed by atoms with van der Waals surface area (Å²) in [7, 11) is 1.66. The minimum Gasteiger partial charge on any atom is -0.497 e. The molecule has 150 valence electrons. The number of amides is 1. The van der Waals surface area contributed by atoms with Gasteiger partial charge in [-0.2, -0.15) is 0 Å². The predicted molar refractivity (Wildman–Crippen MR) is 114 cm³/mol. The van der Waals surface area contributed by atoms with Gasteiger partial charge in [0, 0.05) is 28.7 Å². The zero-order valence-electron chi connectivity index (χ0n) is 16.6. The molecule has 5 rings (SSSR count). The predicted octanol–water partition coefficient (Wildman–Crippen LogP) is 5.10. The van der Waals surface area contributed by atoms with E-state index < -0.39 is 0 Å². The van der Waals surface area contributed by atoms with Crippen LogP contribution in [0.2, 0.25) is 0 Å². The number of halogens is 1. The van der Waals surface area contributed by atoms with E-state index in [1.54, 1.807) is 19.2 Å². The molecule has 0 fully saturated rings. The summed E-state index contributed by atoms with van der Waals surface area (Å²) in [5.74, 6) is 0.354. The third kappa shape index (κ3) is 3.03. The first-order valence-electron chi connectivity index (χ1n) is 9.95. The molecule has 0 spiro atoms. The molecule has 0 saturated heterocycles. The molecule has 5 heteroatoms. The summed E-state index contributed by atoms with van der Waals surface area (Å²) in [6.45, 7) is 0.576. The van der Waals surface area contributed by atoms with Gasteiger partial charge < -0.3 is 14.6 Å². The van der Waals surface area contributed by atoms with Crippen molar-refractivity contribution in [3.8, 4) is 5.75 Å². The second kappa shape index (κ2) is 7.34. The molecule has 0 aliphatic carbocycles. The van der Waals surface area contributed by atoms with Gasteiger partial charge in [-0.1, -0.05) is 30.3 Å². The number of carbonyl (C=O) groups is 1.